The molecule has 0 atom stereocenters. The van der Waals surface area contributed by atoms with Crippen LogP contribution in [0.15, 0.2) is 52.4 Å². The zero-order valence-corrected chi connectivity index (χ0v) is 14.1. The van der Waals surface area contributed by atoms with Crippen LogP contribution in [0, 0.1) is 6.92 Å². The highest BCUT2D eigenvalue weighted by Gasteiger charge is 2.23. The minimum absolute atomic E-state index is 0.0708. The maximum Gasteiger partial charge on any atom is 0.289 e. The Morgan fingerprint density at radius 2 is 1.96 bits per heavy atom. The number of benzene rings is 2. The van der Waals surface area contributed by atoms with Crippen LogP contribution in [0.5, 0.6) is 11.5 Å². The third-order valence-electron chi connectivity index (χ3n) is 3.43. The normalized spacial score (nSPS) is 17.3. The summed E-state index contributed by atoms with van der Waals surface area (Å²) in [7, 11) is 1.49. The third kappa shape index (κ3) is 3.60. The number of aryl methyl sites for hydroxylation is 1. The van der Waals surface area contributed by atoms with Gasteiger partial charge < -0.3 is 15.2 Å². The predicted octanol–water partition coefficient (Wildman–Crippen LogP) is 4.24. The number of aliphatic imine (C=N–C) groups is 1. The smallest absolute Gasteiger partial charge is 0.289 e. The summed E-state index contributed by atoms with van der Waals surface area (Å²) in [5.41, 5.74) is 2.73. The fourth-order valence-electron chi connectivity index (χ4n) is 2.20. The lowest BCUT2D eigenvalue weighted by Crippen LogP contribution is -2.18. The number of carbonyl (C=O) groups excluding carboxylic acids is 1. The van der Waals surface area contributed by atoms with Gasteiger partial charge in [0, 0.05) is 0 Å². The first-order valence-corrected chi connectivity index (χ1v) is 8.10. The summed E-state index contributed by atoms with van der Waals surface area (Å²) in [4.78, 5) is 17.0. The minimum Gasteiger partial charge on any atom is -0.504 e. The zero-order valence-electron chi connectivity index (χ0n) is 13.2. The second-order valence-electron chi connectivity index (χ2n) is 5.25. The van der Waals surface area contributed by atoms with Crippen molar-refractivity contribution >= 4 is 34.6 Å². The number of aromatic hydroxyl groups is 1. The average molecular weight is 340 g/mol. The van der Waals surface area contributed by atoms with Crippen molar-refractivity contribution in [1.82, 2.24) is 5.32 Å². The number of hydrogen-bond donors (Lipinski definition) is 2. The summed E-state index contributed by atoms with van der Waals surface area (Å²) in [6, 6.07) is 12.7. The van der Waals surface area contributed by atoms with Gasteiger partial charge in [-0.3, -0.25) is 4.79 Å². The third-order valence-corrected chi connectivity index (χ3v) is 4.25. The molecular weight excluding hydrogens is 324 g/mol. The molecule has 24 heavy (non-hydrogen) atoms. The van der Waals surface area contributed by atoms with E-state index in [9.17, 15) is 9.90 Å². The van der Waals surface area contributed by atoms with Gasteiger partial charge >= 0.3 is 0 Å². The average Bonchev–Trinajstić information content (AvgIpc) is 2.90. The highest BCUT2D eigenvalue weighted by atomic mass is 32.2. The molecule has 1 amide bonds. The molecule has 0 saturated carbocycles. The molecule has 6 heteroatoms. The Kier molecular flexibility index (Phi) is 4.57. The van der Waals surface area contributed by atoms with Gasteiger partial charge in [0.05, 0.1) is 17.7 Å². The molecule has 2 N–H and O–H groups in total. The van der Waals surface area contributed by atoms with Crippen LogP contribution in [0.4, 0.5) is 10.5 Å². The minimum atomic E-state index is -0.169. The van der Waals surface area contributed by atoms with E-state index in [-0.39, 0.29) is 11.0 Å². The van der Waals surface area contributed by atoms with Crippen molar-refractivity contribution in [1.29, 1.82) is 0 Å². The van der Waals surface area contributed by atoms with E-state index in [1.807, 2.05) is 37.3 Å². The van der Waals surface area contributed by atoms with E-state index in [2.05, 4.69) is 10.3 Å². The van der Waals surface area contributed by atoms with E-state index < -0.39 is 0 Å². The fourth-order valence-corrected chi connectivity index (χ4v) is 2.93. The highest BCUT2D eigenvalue weighted by Crippen LogP contribution is 2.31. The summed E-state index contributed by atoms with van der Waals surface area (Å²) in [5, 5.41) is 12.2. The Hall–Kier alpha value is -2.73. The van der Waals surface area contributed by atoms with E-state index in [1.165, 1.54) is 7.11 Å². The number of nitrogens with zero attached hydrogens (tertiary/aromatic N) is 1. The van der Waals surface area contributed by atoms with E-state index in [0.29, 0.717) is 16.5 Å². The topological polar surface area (TPSA) is 70.9 Å². The van der Waals surface area contributed by atoms with Crippen molar-refractivity contribution in [2.45, 2.75) is 6.92 Å². The Bertz CT molecular complexity index is 842. The molecule has 5 nitrogen and oxygen atoms in total. The molecule has 2 aromatic rings. The van der Waals surface area contributed by atoms with Gasteiger partial charge in [-0.25, -0.2) is 4.99 Å². The second kappa shape index (κ2) is 6.80. The number of rotatable bonds is 3. The summed E-state index contributed by atoms with van der Waals surface area (Å²) in [5.74, 6) is 0.964. The molecule has 1 aliphatic rings. The van der Waals surface area contributed by atoms with Crippen molar-refractivity contribution in [3.63, 3.8) is 0 Å². The molecule has 2 aromatic carbocycles. The predicted molar refractivity (Wildman–Crippen MR) is 97.0 cm³/mol. The SMILES string of the molecule is COc1cc(/C=C2\SC(=O)NC2=Nc2ccc(C)cc2)ccc1O. The van der Waals surface area contributed by atoms with Crippen molar-refractivity contribution < 1.29 is 14.6 Å². The molecule has 1 aliphatic heterocycles. The summed E-state index contributed by atoms with van der Waals surface area (Å²) in [6.45, 7) is 2.01. The highest BCUT2D eigenvalue weighted by molar-refractivity contribution is 8.18. The van der Waals surface area contributed by atoms with Gasteiger partial charge in [-0.2, -0.15) is 0 Å². The molecule has 1 saturated heterocycles. The fraction of sp³-hybridized carbons (Fsp3) is 0.111. The molecule has 0 unspecified atom stereocenters. The van der Waals surface area contributed by atoms with Gasteiger partial charge in [0.2, 0.25) is 0 Å². The first-order valence-electron chi connectivity index (χ1n) is 7.28. The summed E-state index contributed by atoms with van der Waals surface area (Å²) in [6.07, 6.45) is 1.83. The van der Waals surface area contributed by atoms with Crippen LogP contribution in [0.1, 0.15) is 11.1 Å². The standard InChI is InChI=1S/C18H16N2O3S/c1-11-3-6-13(7-4-11)19-17-16(24-18(22)20-17)10-12-5-8-14(21)15(9-12)23-2/h3-10,21H,1-2H3,(H,19,20,22)/b16-10-. The van der Waals surface area contributed by atoms with Crippen LogP contribution in [0.25, 0.3) is 6.08 Å². The Morgan fingerprint density at radius 1 is 1.21 bits per heavy atom. The van der Waals surface area contributed by atoms with Crippen LogP contribution in [0.2, 0.25) is 0 Å². The number of thioether (sulfide) groups is 1. The Morgan fingerprint density at radius 3 is 2.67 bits per heavy atom. The van der Waals surface area contributed by atoms with Crippen molar-refractivity contribution in [3.05, 3.63) is 58.5 Å². The Balaban J connectivity index is 1.95. The maximum absolute atomic E-state index is 11.7. The molecule has 1 heterocycles. The molecule has 0 radical (unpaired) electrons. The number of amides is 1. The molecular formula is C18H16N2O3S. The summed E-state index contributed by atoms with van der Waals surface area (Å²) >= 11 is 1.09. The molecule has 0 aliphatic carbocycles. The lowest BCUT2D eigenvalue weighted by molar-refractivity contribution is 0.265. The number of phenolic OH excluding ortho intramolecular Hbond substituents is 1. The van der Waals surface area contributed by atoms with E-state index >= 15 is 0 Å². The Labute approximate surface area is 144 Å². The number of ether oxygens (including phenoxy) is 1. The lowest BCUT2D eigenvalue weighted by atomic mass is 10.2. The van der Waals surface area contributed by atoms with Crippen molar-refractivity contribution in [2.75, 3.05) is 7.11 Å². The van der Waals surface area contributed by atoms with Gasteiger partial charge in [-0.15, -0.1) is 0 Å². The van der Waals surface area contributed by atoms with Crippen LogP contribution < -0.4 is 10.1 Å². The maximum atomic E-state index is 11.7. The van der Waals surface area contributed by atoms with Crippen molar-refractivity contribution in [3.8, 4) is 11.5 Å². The molecule has 3 rings (SSSR count). The van der Waals surface area contributed by atoms with Crippen LogP contribution in [-0.4, -0.2) is 23.3 Å². The molecule has 0 bridgehead atoms. The summed E-state index contributed by atoms with van der Waals surface area (Å²) < 4.78 is 5.11. The van der Waals surface area contributed by atoms with Gasteiger partial charge in [0.25, 0.3) is 5.24 Å². The first kappa shape index (κ1) is 16.1. The molecule has 0 spiro atoms. The van der Waals surface area contributed by atoms with Crippen LogP contribution in [-0.2, 0) is 0 Å². The number of amidine groups is 1. The number of hydrogen-bond acceptors (Lipinski definition) is 5. The number of phenols is 1. The van der Waals surface area contributed by atoms with Crippen molar-refractivity contribution in [2.24, 2.45) is 4.99 Å². The second-order valence-corrected chi connectivity index (χ2v) is 6.27. The van der Waals surface area contributed by atoms with Gasteiger partial charge in [0.15, 0.2) is 11.5 Å². The molecule has 0 aromatic heterocycles. The zero-order chi connectivity index (χ0) is 17.1. The van der Waals surface area contributed by atoms with E-state index in [1.54, 1.807) is 18.2 Å². The number of nitrogens with one attached hydrogen (secondary N) is 1. The molecule has 1 fully saturated rings. The molecule has 122 valence electrons. The van der Waals surface area contributed by atoms with Gasteiger partial charge in [-0.05, 0) is 54.6 Å². The van der Waals surface area contributed by atoms with Gasteiger partial charge in [-0.1, -0.05) is 23.8 Å². The number of methoxy groups -OCH3 is 1. The number of carbonyl (C=O) groups is 1. The first-order chi connectivity index (χ1) is 11.5. The van der Waals surface area contributed by atoms with E-state index in [0.717, 1.165) is 28.6 Å². The van der Waals surface area contributed by atoms with Crippen LogP contribution in [0.3, 0.4) is 0 Å². The monoisotopic (exact) mass is 340 g/mol. The van der Waals surface area contributed by atoms with E-state index in [4.69, 9.17) is 4.74 Å². The lowest BCUT2D eigenvalue weighted by Gasteiger charge is -2.05. The largest absolute Gasteiger partial charge is 0.504 e. The van der Waals surface area contributed by atoms with Gasteiger partial charge in [0.1, 0.15) is 5.84 Å². The van der Waals surface area contributed by atoms with Crippen LogP contribution >= 0.6 is 11.8 Å². The quantitative estimate of drug-likeness (QED) is 0.877.